The van der Waals surface area contributed by atoms with Gasteiger partial charge in [-0.2, -0.15) is 0 Å². The second-order valence-electron chi connectivity index (χ2n) is 2.86. The molecule has 0 bridgehead atoms. The number of nitrogens with two attached hydrogens (primary N) is 1. The Morgan fingerprint density at radius 1 is 1.57 bits per heavy atom. The fourth-order valence-electron chi connectivity index (χ4n) is 0.970. The molecular weight excluding hydrogens is 202 g/mol. The Balaban J connectivity index is 2.84. The van der Waals surface area contributed by atoms with E-state index < -0.39 is 10.0 Å². The van der Waals surface area contributed by atoms with Gasteiger partial charge in [-0.1, -0.05) is 6.92 Å². The van der Waals surface area contributed by atoms with Crippen LogP contribution in [0.4, 0.5) is 11.5 Å². The lowest BCUT2D eigenvalue weighted by Gasteiger charge is -2.07. The van der Waals surface area contributed by atoms with Gasteiger partial charge >= 0.3 is 0 Å². The number of anilines is 2. The maximum absolute atomic E-state index is 11.3. The van der Waals surface area contributed by atoms with Gasteiger partial charge < -0.3 is 5.73 Å². The molecule has 3 N–H and O–H groups in total. The highest BCUT2D eigenvalue weighted by atomic mass is 32.2. The van der Waals surface area contributed by atoms with Crippen molar-refractivity contribution in [3.8, 4) is 0 Å². The first-order chi connectivity index (χ1) is 6.55. The second-order valence-corrected chi connectivity index (χ2v) is 4.70. The van der Waals surface area contributed by atoms with Crippen LogP contribution < -0.4 is 10.5 Å². The molecule has 0 aliphatic carbocycles. The molecule has 0 atom stereocenters. The summed E-state index contributed by atoms with van der Waals surface area (Å²) in [5.41, 5.74) is 5.86. The van der Waals surface area contributed by atoms with Crippen LogP contribution in [0.3, 0.4) is 0 Å². The van der Waals surface area contributed by atoms with Crippen molar-refractivity contribution in [3.05, 3.63) is 18.3 Å². The monoisotopic (exact) mass is 215 g/mol. The highest BCUT2D eigenvalue weighted by Crippen LogP contribution is 2.14. The van der Waals surface area contributed by atoms with Crippen LogP contribution in [-0.4, -0.2) is 19.2 Å². The number of aromatic nitrogens is 1. The van der Waals surface area contributed by atoms with Gasteiger partial charge in [0.2, 0.25) is 10.0 Å². The van der Waals surface area contributed by atoms with E-state index in [2.05, 4.69) is 9.71 Å². The Morgan fingerprint density at radius 2 is 2.29 bits per heavy atom. The third kappa shape index (κ3) is 2.88. The van der Waals surface area contributed by atoms with Crippen molar-refractivity contribution in [1.82, 2.24) is 4.98 Å². The Bertz CT molecular complexity index is 403. The van der Waals surface area contributed by atoms with Crippen LogP contribution in [0.2, 0.25) is 0 Å². The first kappa shape index (κ1) is 10.8. The lowest BCUT2D eigenvalue weighted by Crippen LogP contribution is -2.17. The summed E-state index contributed by atoms with van der Waals surface area (Å²) in [6.45, 7) is 1.79. The molecule has 1 rings (SSSR count). The summed E-state index contributed by atoms with van der Waals surface area (Å²) >= 11 is 0. The lowest BCUT2D eigenvalue weighted by molar-refractivity contribution is 0.599. The van der Waals surface area contributed by atoms with Crippen molar-refractivity contribution in [1.29, 1.82) is 0 Å². The van der Waals surface area contributed by atoms with Crippen molar-refractivity contribution in [2.24, 2.45) is 0 Å². The number of pyridine rings is 1. The summed E-state index contributed by atoms with van der Waals surface area (Å²) in [6.07, 6.45) is 2.04. The molecule has 1 aromatic heterocycles. The first-order valence-corrected chi connectivity index (χ1v) is 5.91. The zero-order valence-electron chi connectivity index (χ0n) is 7.90. The molecule has 14 heavy (non-hydrogen) atoms. The molecule has 1 aromatic rings. The number of nitrogens with one attached hydrogen (secondary N) is 1. The minimum Gasteiger partial charge on any atom is -0.396 e. The van der Waals surface area contributed by atoms with Crippen LogP contribution in [0.1, 0.15) is 13.3 Å². The van der Waals surface area contributed by atoms with Gasteiger partial charge in [0.1, 0.15) is 0 Å². The number of rotatable bonds is 4. The van der Waals surface area contributed by atoms with E-state index >= 15 is 0 Å². The SMILES string of the molecule is CCCS(=O)(=O)Nc1ncccc1N. The van der Waals surface area contributed by atoms with E-state index in [1.807, 2.05) is 0 Å². The van der Waals surface area contributed by atoms with Crippen LogP contribution in [0.25, 0.3) is 0 Å². The van der Waals surface area contributed by atoms with Gasteiger partial charge in [-0.25, -0.2) is 13.4 Å². The third-order valence-corrected chi connectivity index (χ3v) is 3.01. The van der Waals surface area contributed by atoms with Crippen molar-refractivity contribution in [3.63, 3.8) is 0 Å². The summed E-state index contributed by atoms with van der Waals surface area (Å²) < 4.78 is 25.0. The van der Waals surface area contributed by atoms with Crippen molar-refractivity contribution in [2.75, 3.05) is 16.2 Å². The average molecular weight is 215 g/mol. The minimum atomic E-state index is -3.30. The number of hydrogen-bond acceptors (Lipinski definition) is 4. The second kappa shape index (κ2) is 4.28. The zero-order valence-corrected chi connectivity index (χ0v) is 8.71. The molecule has 0 unspecified atom stereocenters. The Morgan fingerprint density at radius 3 is 2.86 bits per heavy atom. The summed E-state index contributed by atoms with van der Waals surface area (Å²) in [4.78, 5) is 3.83. The summed E-state index contributed by atoms with van der Waals surface area (Å²) in [5, 5.41) is 0. The standard InChI is InChI=1S/C8H13N3O2S/c1-2-6-14(12,13)11-8-7(9)4-3-5-10-8/h3-5H,2,6,9H2,1H3,(H,10,11). The van der Waals surface area contributed by atoms with Crippen molar-refractivity contribution in [2.45, 2.75) is 13.3 Å². The lowest BCUT2D eigenvalue weighted by atomic mass is 10.4. The van der Waals surface area contributed by atoms with Gasteiger partial charge in [0, 0.05) is 6.20 Å². The molecule has 0 radical (unpaired) electrons. The number of nitrogen functional groups attached to an aromatic ring is 1. The molecule has 0 fully saturated rings. The normalized spacial score (nSPS) is 11.2. The maximum Gasteiger partial charge on any atom is 0.233 e. The highest BCUT2D eigenvalue weighted by molar-refractivity contribution is 7.92. The van der Waals surface area contributed by atoms with Crippen LogP contribution in [0, 0.1) is 0 Å². The van der Waals surface area contributed by atoms with E-state index in [-0.39, 0.29) is 11.6 Å². The van der Waals surface area contributed by atoms with E-state index in [0.29, 0.717) is 12.1 Å². The average Bonchev–Trinajstić information content (AvgIpc) is 2.08. The maximum atomic E-state index is 11.3. The summed E-state index contributed by atoms with van der Waals surface area (Å²) in [6, 6.07) is 3.24. The molecule has 0 spiro atoms. The Hall–Kier alpha value is -1.30. The van der Waals surface area contributed by atoms with Gasteiger partial charge in [0.25, 0.3) is 0 Å². The van der Waals surface area contributed by atoms with Crippen molar-refractivity contribution < 1.29 is 8.42 Å². The molecule has 0 aliphatic rings. The van der Waals surface area contributed by atoms with Crippen LogP contribution in [0.5, 0.6) is 0 Å². The molecular formula is C8H13N3O2S. The van der Waals surface area contributed by atoms with Gasteiger partial charge in [-0.05, 0) is 18.6 Å². The van der Waals surface area contributed by atoms with Gasteiger partial charge in [0.05, 0.1) is 11.4 Å². The molecule has 0 saturated heterocycles. The zero-order chi connectivity index (χ0) is 10.6. The first-order valence-electron chi connectivity index (χ1n) is 4.26. The van der Waals surface area contributed by atoms with Crippen LogP contribution >= 0.6 is 0 Å². The topological polar surface area (TPSA) is 85.1 Å². The van der Waals surface area contributed by atoms with Gasteiger partial charge in [0.15, 0.2) is 5.82 Å². The Kier molecular flexibility index (Phi) is 3.29. The molecule has 5 nitrogen and oxygen atoms in total. The summed E-state index contributed by atoms with van der Waals surface area (Å²) in [7, 11) is -3.30. The quantitative estimate of drug-likeness (QED) is 0.778. The van der Waals surface area contributed by atoms with E-state index in [9.17, 15) is 8.42 Å². The van der Waals surface area contributed by atoms with E-state index in [1.165, 1.54) is 6.20 Å². The summed E-state index contributed by atoms with van der Waals surface area (Å²) in [5.74, 6) is 0.268. The van der Waals surface area contributed by atoms with E-state index in [1.54, 1.807) is 19.1 Å². The van der Waals surface area contributed by atoms with E-state index in [4.69, 9.17) is 5.73 Å². The fourth-order valence-corrected chi connectivity index (χ4v) is 2.07. The smallest absolute Gasteiger partial charge is 0.233 e. The van der Waals surface area contributed by atoms with Crippen LogP contribution in [0.15, 0.2) is 18.3 Å². The molecule has 0 amide bonds. The molecule has 78 valence electrons. The molecule has 0 saturated carbocycles. The van der Waals surface area contributed by atoms with Gasteiger partial charge in [-0.3, -0.25) is 4.72 Å². The fraction of sp³-hybridized carbons (Fsp3) is 0.375. The third-order valence-electron chi connectivity index (χ3n) is 1.56. The highest BCUT2D eigenvalue weighted by Gasteiger charge is 2.10. The van der Waals surface area contributed by atoms with E-state index in [0.717, 1.165) is 0 Å². The number of sulfonamides is 1. The number of nitrogens with zero attached hydrogens (tertiary/aromatic N) is 1. The Labute approximate surface area is 83.4 Å². The molecule has 0 aliphatic heterocycles. The predicted octanol–water partition coefficient (Wildman–Crippen LogP) is 0.816. The predicted molar refractivity (Wildman–Crippen MR) is 56.3 cm³/mol. The number of hydrogen-bond donors (Lipinski definition) is 2. The van der Waals surface area contributed by atoms with Gasteiger partial charge in [-0.15, -0.1) is 0 Å². The minimum absolute atomic E-state index is 0.0724. The van der Waals surface area contributed by atoms with Crippen LogP contribution in [-0.2, 0) is 10.0 Å². The van der Waals surface area contributed by atoms with Crippen molar-refractivity contribution >= 4 is 21.5 Å². The molecule has 0 aromatic carbocycles. The molecule has 6 heteroatoms. The molecule has 1 heterocycles. The largest absolute Gasteiger partial charge is 0.396 e.